The highest BCUT2D eigenvalue weighted by molar-refractivity contribution is 5.96. The second-order valence-electron chi connectivity index (χ2n) is 9.38. The zero-order valence-electron chi connectivity index (χ0n) is 21.2. The Kier molecular flexibility index (Phi) is 7.27. The van der Waals surface area contributed by atoms with Gasteiger partial charge in [0.05, 0.1) is 17.8 Å². The number of carboxylic acid groups (broad SMARTS) is 1. The van der Waals surface area contributed by atoms with Crippen molar-refractivity contribution in [2.45, 2.75) is 20.0 Å². The van der Waals surface area contributed by atoms with Gasteiger partial charge in [-0.1, -0.05) is 42.5 Å². The van der Waals surface area contributed by atoms with Crippen molar-refractivity contribution in [3.05, 3.63) is 118 Å². The summed E-state index contributed by atoms with van der Waals surface area (Å²) in [6.07, 6.45) is 0. The number of aromatic carboxylic acids is 1. The van der Waals surface area contributed by atoms with Crippen LogP contribution in [0.2, 0.25) is 0 Å². The summed E-state index contributed by atoms with van der Waals surface area (Å²) in [7, 11) is 0. The molecule has 4 aromatic rings. The van der Waals surface area contributed by atoms with Crippen LogP contribution in [-0.2, 0) is 13.1 Å². The highest BCUT2D eigenvalue weighted by Crippen LogP contribution is 2.34. The molecule has 0 saturated carbocycles. The van der Waals surface area contributed by atoms with Crippen LogP contribution in [0.3, 0.4) is 0 Å². The number of carboxylic acids is 1. The van der Waals surface area contributed by atoms with E-state index in [1.54, 1.807) is 67.6 Å². The highest BCUT2D eigenvalue weighted by Gasteiger charge is 2.21. The van der Waals surface area contributed by atoms with Crippen LogP contribution in [0, 0.1) is 18.6 Å². The van der Waals surface area contributed by atoms with E-state index in [9.17, 15) is 19.1 Å². The molecule has 2 N–H and O–H groups in total. The maximum absolute atomic E-state index is 15.1. The van der Waals surface area contributed by atoms with Crippen molar-refractivity contribution in [1.82, 2.24) is 5.32 Å². The largest absolute Gasteiger partial charge is 0.490 e. The number of carbonyl (C=O) groups excluding carboxylic acids is 1. The minimum absolute atomic E-state index is 0.0390. The van der Waals surface area contributed by atoms with E-state index in [0.29, 0.717) is 53.3 Å². The van der Waals surface area contributed by atoms with Crippen LogP contribution >= 0.6 is 0 Å². The molecular formula is C31H26F2N2O4. The third-order valence-corrected chi connectivity index (χ3v) is 6.73. The average Bonchev–Trinajstić information content (AvgIpc) is 2.93. The molecule has 0 radical (unpaired) electrons. The quantitative estimate of drug-likeness (QED) is 0.309. The van der Waals surface area contributed by atoms with Crippen LogP contribution in [0.15, 0.2) is 78.9 Å². The second-order valence-corrected chi connectivity index (χ2v) is 9.38. The van der Waals surface area contributed by atoms with Gasteiger partial charge in [-0.15, -0.1) is 0 Å². The normalized spacial score (nSPS) is 12.4. The monoisotopic (exact) mass is 528 g/mol. The zero-order chi connectivity index (χ0) is 27.5. The number of aryl methyl sites for hydroxylation is 1. The molecule has 0 atom stereocenters. The molecule has 39 heavy (non-hydrogen) atoms. The van der Waals surface area contributed by atoms with Crippen molar-refractivity contribution in [2.24, 2.45) is 0 Å². The molecule has 198 valence electrons. The summed E-state index contributed by atoms with van der Waals surface area (Å²) in [5.74, 6) is -1.70. The SMILES string of the molecule is Cc1ccc(CNC(=O)c2ccc3c(c2)OCCN3Cc2ccc(-c3ccccc3C(=O)O)c(F)c2)cc1F. The fourth-order valence-electron chi connectivity index (χ4n) is 4.61. The number of amides is 1. The van der Waals surface area contributed by atoms with Crippen LogP contribution in [0.25, 0.3) is 11.1 Å². The molecule has 4 aromatic carbocycles. The van der Waals surface area contributed by atoms with Crippen molar-refractivity contribution in [3.8, 4) is 16.9 Å². The van der Waals surface area contributed by atoms with Gasteiger partial charge >= 0.3 is 5.97 Å². The van der Waals surface area contributed by atoms with Gasteiger partial charge in [0.2, 0.25) is 0 Å². The first kappa shape index (κ1) is 25.9. The number of rotatable bonds is 7. The molecule has 1 heterocycles. The molecule has 1 aliphatic rings. The van der Waals surface area contributed by atoms with E-state index in [1.165, 1.54) is 18.2 Å². The maximum atomic E-state index is 15.1. The molecule has 6 nitrogen and oxygen atoms in total. The number of benzene rings is 4. The Bertz CT molecular complexity index is 1570. The van der Waals surface area contributed by atoms with Crippen LogP contribution < -0.4 is 15.0 Å². The molecule has 0 fully saturated rings. The fraction of sp³-hybridized carbons (Fsp3) is 0.161. The van der Waals surface area contributed by atoms with E-state index in [0.717, 1.165) is 5.69 Å². The van der Waals surface area contributed by atoms with Gasteiger partial charge in [-0.2, -0.15) is 0 Å². The maximum Gasteiger partial charge on any atom is 0.336 e. The predicted octanol–water partition coefficient (Wildman–Crippen LogP) is 5.97. The lowest BCUT2D eigenvalue weighted by Crippen LogP contribution is -2.32. The number of hydrogen-bond donors (Lipinski definition) is 2. The minimum atomic E-state index is -1.11. The average molecular weight is 529 g/mol. The van der Waals surface area contributed by atoms with Gasteiger partial charge in [-0.3, -0.25) is 4.79 Å². The van der Waals surface area contributed by atoms with Crippen LogP contribution in [0.1, 0.15) is 37.4 Å². The van der Waals surface area contributed by atoms with Gasteiger partial charge < -0.3 is 20.1 Å². The first-order valence-electron chi connectivity index (χ1n) is 12.5. The van der Waals surface area contributed by atoms with E-state index in [2.05, 4.69) is 5.32 Å². The second kappa shape index (κ2) is 10.9. The Morgan fingerprint density at radius 3 is 2.46 bits per heavy atom. The van der Waals surface area contributed by atoms with E-state index >= 15 is 4.39 Å². The van der Waals surface area contributed by atoms with Crippen molar-refractivity contribution >= 4 is 17.6 Å². The Hall–Kier alpha value is -4.72. The molecule has 1 aliphatic heterocycles. The molecule has 0 bridgehead atoms. The Balaban J connectivity index is 1.30. The van der Waals surface area contributed by atoms with E-state index in [4.69, 9.17) is 4.74 Å². The van der Waals surface area contributed by atoms with Gasteiger partial charge in [-0.25, -0.2) is 13.6 Å². The molecule has 0 aliphatic carbocycles. The first-order valence-corrected chi connectivity index (χ1v) is 12.5. The molecule has 1 amide bonds. The van der Waals surface area contributed by atoms with E-state index in [-0.39, 0.29) is 29.4 Å². The van der Waals surface area contributed by atoms with Crippen molar-refractivity contribution < 1.29 is 28.2 Å². The zero-order valence-corrected chi connectivity index (χ0v) is 21.2. The number of nitrogens with zero attached hydrogens (tertiary/aromatic N) is 1. The molecular weight excluding hydrogens is 502 g/mol. The third kappa shape index (κ3) is 5.60. The lowest BCUT2D eigenvalue weighted by molar-refractivity contribution is 0.0697. The first-order chi connectivity index (χ1) is 18.8. The fourth-order valence-corrected chi connectivity index (χ4v) is 4.61. The summed E-state index contributed by atoms with van der Waals surface area (Å²) in [5, 5.41) is 12.3. The minimum Gasteiger partial charge on any atom is -0.490 e. The molecule has 0 aromatic heterocycles. The summed E-state index contributed by atoms with van der Waals surface area (Å²) in [6, 6.07) is 21.1. The van der Waals surface area contributed by atoms with Crippen molar-refractivity contribution in [3.63, 3.8) is 0 Å². The molecule has 8 heteroatoms. The lowest BCUT2D eigenvalue weighted by Gasteiger charge is -2.31. The summed E-state index contributed by atoms with van der Waals surface area (Å²) >= 11 is 0. The summed E-state index contributed by atoms with van der Waals surface area (Å²) in [5.41, 5.74) is 3.70. The number of anilines is 1. The Labute approximate surface area is 224 Å². The van der Waals surface area contributed by atoms with Gasteiger partial charge in [0.15, 0.2) is 0 Å². The standard InChI is InChI=1S/C31H26F2N2O4/c1-19-6-7-20(14-26(19)32)17-34-30(36)22-9-11-28-29(16-22)39-13-12-35(28)18-21-8-10-24(27(33)15-21)23-4-2-3-5-25(23)31(37)38/h2-11,14-16H,12-13,17-18H2,1H3,(H,34,36)(H,37,38). The third-order valence-electron chi connectivity index (χ3n) is 6.73. The van der Waals surface area contributed by atoms with Crippen LogP contribution in [0.5, 0.6) is 5.75 Å². The van der Waals surface area contributed by atoms with E-state index < -0.39 is 11.8 Å². The molecule has 0 unspecified atom stereocenters. The topological polar surface area (TPSA) is 78.9 Å². The number of fused-ring (bicyclic) bond motifs is 1. The van der Waals surface area contributed by atoms with Crippen molar-refractivity contribution in [2.75, 3.05) is 18.1 Å². The van der Waals surface area contributed by atoms with Gasteiger partial charge in [0.1, 0.15) is 24.0 Å². The smallest absolute Gasteiger partial charge is 0.336 e. The number of hydrogen-bond acceptors (Lipinski definition) is 4. The lowest BCUT2D eigenvalue weighted by atomic mass is 9.98. The predicted molar refractivity (Wildman–Crippen MR) is 144 cm³/mol. The van der Waals surface area contributed by atoms with Gasteiger partial charge in [0, 0.05) is 24.2 Å². The number of ether oxygens (including phenoxy) is 1. The van der Waals surface area contributed by atoms with Gasteiger partial charge in [-0.05, 0) is 65.6 Å². The van der Waals surface area contributed by atoms with E-state index in [1.807, 2.05) is 4.90 Å². The Morgan fingerprint density at radius 1 is 0.923 bits per heavy atom. The van der Waals surface area contributed by atoms with Crippen LogP contribution in [-0.4, -0.2) is 30.1 Å². The van der Waals surface area contributed by atoms with Crippen molar-refractivity contribution in [1.29, 1.82) is 0 Å². The number of halogens is 2. The highest BCUT2D eigenvalue weighted by atomic mass is 19.1. The number of nitrogens with one attached hydrogen (secondary N) is 1. The summed E-state index contributed by atoms with van der Waals surface area (Å²) in [6.45, 7) is 3.24. The summed E-state index contributed by atoms with van der Waals surface area (Å²) < 4.78 is 34.7. The molecule has 5 rings (SSSR count). The summed E-state index contributed by atoms with van der Waals surface area (Å²) in [4.78, 5) is 26.3. The number of carbonyl (C=O) groups is 2. The Morgan fingerprint density at radius 2 is 1.69 bits per heavy atom. The van der Waals surface area contributed by atoms with Crippen LogP contribution in [0.4, 0.5) is 14.5 Å². The molecule has 0 saturated heterocycles. The van der Waals surface area contributed by atoms with Gasteiger partial charge in [0.25, 0.3) is 5.91 Å². The molecule has 0 spiro atoms.